The third-order valence-corrected chi connectivity index (χ3v) is 2.32. The zero-order chi connectivity index (χ0) is 12.0. The molecule has 0 aromatic heterocycles. The fourth-order valence-electron chi connectivity index (χ4n) is 1.65. The van der Waals surface area contributed by atoms with Crippen LogP contribution < -0.4 is 9.47 Å². The Morgan fingerprint density at radius 1 is 1.31 bits per heavy atom. The number of aldehydes is 1. The van der Waals surface area contributed by atoms with Crippen molar-refractivity contribution in [2.45, 2.75) is 26.7 Å². The molecular weight excluding hydrogens is 204 g/mol. The largest absolute Gasteiger partial charge is 0.493 e. The topological polar surface area (TPSA) is 35.5 Å². The lowest BCUT2D eigenvalue weighted by molar-refractivity contribution is 0.111. The highest BCUT2D eigenvalue weighted by atomic mass is 16.5. The molecule has 1 aromatic rings. The van der Waals surface area contributed by atoms with Crippen molar-refractivity contribution < 1.29 is 14.3 Å². The molecular formula is C13H18O3. The summed E-state index contributed by atoms with van der Waals surface area (Å²) >= 11 is 0. The summed E-state index contributed by atoms with van der Waals surface area (Å²) in [6, 6.07) is 3.80. The van der Waals surface area contributed by atoms with E-state index >= 15 is 0 Å². The van der Waals surface area contributed by atoms with E-state index in [1.165, 1.54) is 0 Å². The van der Waals surface area contributed by atoms with Gasteiger partial charge in [-0.2, -0.15) is 0 Å². The second-order valence-corrected chi connectivity index (χ2v) is 3.52. The van der Waals surface area contributed by atoms with Crippen molar-refractivity contribution in [2.75, 3.05) is 13.7 Å². The Morgan fingerprint density at radius 3 is 2.56 bits per heavy atom. The minimum Gasteiger partial charge on any atom is -0.493 e. The number of aryl methyl sites for hydroxylation is 1. The van der Waals surface area contributed by atoms with Gasteiger partial charge >= 0.3 is 0 Å². The summed E-state index contributed by atoms with van der Waals surface area (Å²) in [5, 5.41) is 0. The lowest BCUT2D eigenvalue weighted by Crippen LogP contribution is -2.01. The molecule has 0 saturated heterocycles. The quantitative estimate of drug-likeness (QED) is 0.694. The lowest BCUT2D eigenvalue weighted by atomic mass is 10.1. The average Bonchev–Trinajstić information content (AvgIpc) is 2.31. The Labute approximate surface area is 96.4 Å². The van der Waals surface area contributed by atoms with Crippen LogP contribution in [0.25, 0.3) is 0 Å². The predicted octanol–water partition coefficient (Wildman–Crippen LogP) is 2.86. The summed E-state index contributed by atoms with van der Waals surface area (Å²) in [7, 11) is 1.59. The van der Waals surface area contributed by atoms with Crippen molar-refractivity contribution in [3.8, 4) is 11.5 Å². The van der Waals surface area contributed by atoms with Crippen molar-refractivity contribution in [3.05, 3.63) is 23.3 Å². The summed E-state index contributed by atoms with van der Waals surface area (Å²) in [6.07, 6.45) is 2.78. The first-order chi connectivity index (χ1) is 7.76. The van der Waals surface area contributed by atoms with Gasteiger partial charge in [0.25, 0.3) is 0 Å². The molecule has 16 heavy (non-hydrogen) atoms. The molecule has 3 nitrogen and oxygen atoms in total. The van der Waals surface area contributed by atoms with Crippen LogP contribution in [0.15, 0.2) is 12.1 Å². The van der Waals surface area contributed by atoms with Gasteiger partial charge in [0, 0.05) is 0 Å². The number of carbonyl (C=O) groups excluding carboxylic acids is 1. The highest BCUT2D eigenvalue weighted by Crippen LogP contribution is 2.32. The molecule has 1 rings (SSSR count). The van der Waals surface area contributed by atoms with Gasteiger partial charge in [-0.05, 0) is 31.0 Å². The zero-order valence-corrected chi connectivity index (χ0v) is 10.1. The molecule has 0 aliphatic heterocycles. The van der Waals surface area contributed by atoms with E-state index in [4.69, 9.17) is 9.47 Å². The fraction of sp³-hybridized carbons (Fsp3) is 0.462. The van der Waals surface area contributed by atoms with Gasteiger partial charge in [0.15, 0.2) is 17.8 Å². The molecule has 0 fully saturated rings. The smallest absolute Gasteiger partial charge is 0.171 e. The van der Waals surface area contributed by atoms with Crippen LogP contribution in [0.3, 0.4) is 0 Å². The maximum Gasteiger partial charge on any atom is 0.171 e. The van der Waals surface area contributed by atoms with E-state index in [0.29, 0.717) is 23.7 Å². The van der Waals surface area contributed by atoms with Crippen LogP contribution >= 0.6 is 0 Å². The van der Waals surface area contributed by atoms with Crippen LogP contribution in [0, 0.1) is 0 Å². The van der Waals surface area contributed by atoms with E-state index in [1.54, 1.807) is 7.11 Å². The number of carbonyl (C=O) groups is 1. The second-order valence-electron chi connectivity index (χ2n) is 3.52. The van der Waals surface area contributed by atoms with Gasteiger partial charge < -0.3 is 9.47 Å². The molecule has 0 spiro atoms. The van der Waals surface area contributed by atoms with Gasteiger partial charge in [0.05, 0.1) is 19.3 Å². The molecule has 0 radical (unpaired) electrons. The van der Waals surface area contributed by atoms with Gasteiger partial charge in [-0.1, -0.05) is 13.3 Å². The van der Waals surface area contributed by atoms with E-state index < -0.39 is 0 Å². The number of rotatable bonds is 6. The van der Waals surface area contributed by atoms with Crippen LogP contribution in [-0.2, 0) is 6.42 Å². The molecule has 0 N–H and O–H groups in total. The fourth-order valence-corrected chi connectivity index (χ4v) is 1.65. The molecule has 0 bridgehead atoms. The van der Waals surface area contributed by atoms with Crippen LogP contribution in [0.4, 0.5) is 0 Å². The third-order valence-electron chi connectivity index (χ3n) is 2.32. The molecule has 0 heterocycles. The minimum atomic E-state index is 0.518. The van der Waals surface area contributed by atoms with Gasteiger partial charge in [0.1, 0.15) is 0 Å². The first kappa shape index (κ1) is 12.6. The van der Waals surface area contributed by atoms with E-state index in [1.807, 2.05) is 19.1 Å². The Balaban J connectivity index is 3.19. The molecule has 0 saturated carbocycles. The van der Waals surface area contributed by atoms with E-state index in [2.05, 4.69) is 6.92 Å². The predicted molar refractivity (Wildman–Crippen MR) is 63.5 cm³/mol. The van der Waals surface area contributed by atoms with Crippen LogP contribution in [0.5, 0.6) is 11.5 Å². The van der Waals surface area contributed by atoms with Crippen LogP contribution in [0.1, 0.15) is 36.2 Å². The van der Waals surface area contributed by atoms with Crippen molar-refractivity contribution in [3.63, 3.8) is 0 Å². The molecule has 0 unspecified atom stereocenters. The maximum absolute atomic E-state index is 11.0. The highest BCUT2D eigenvalue weighted by molar-refractivity contribution is 5.81. The summed E-state index contributed by atoms with van der Waals surface area (Å²) < 4.78 is 10.7. The molecule has 0 amide bonds. The second kappa shape index (κ2) is 6.16. The highest BCUT2D eigenvalue weighted by Gasteiger charge is 2.12. The number of benzene rings is 1. The molecule has 0 aliphatic rings. The molecule has 1 aromatic carbocycles. The van der Waals surface area contributed by atoms with Gasteiger partial charge in [-0.15, -0.1) is 0 Å². The van der Waals surface area contributed by atoms with E-state index in [9.17, 15) is 4.79 Å². The van der Waals surface area contributed by atoms with Crippen LogP contribution in [-0.4, -0.2) is 20.0 Å². The van der Waals surface area contributed by atoms with Crippen LogP contribution in [0.2, 0.25) is 0 Å². The van der Waals surface area contributed by atoms with Gasteiger partial charge in [-0.3, -0.25) is 4.79 Å². The van der Waals surface area contributed by atoms with Crippen molar-refractivity contribution in [1.29, 1.82) is 0 Å². The Hall–Kier alpha value is -1.51. The zero-order valence-electron chi connectivity index (χ0n) is 10.1. The van der Waals surface area contributed by atoms with Crippen molar-refractivity contribution in [1.82, 2.24) is 0 Å². The Morgan fingerprint density at radius 2 is 2.06 bits per heavy atom. The first-order valence-electron chi connectivity index (χ1n) is 5.55. The first-order valence-corrected chi connectivity index (χ1v) is 5.55. The monoisotopic (exact) mass is 222 g/mol. The molecule has 3 heteroatoms. The number of hydrogen-bond acceptors (Lipinski definition) is 3. The number of hydrogen-bond donors (Lipinski definition) is 0. The van der Waals surface area contributed by atoms with Crippen molar-refractivity contribution >= 4 is 6.29 Å². The SMILES string of the molecule is CCCc1cc(C=O)c(OCC)c(OC)c1. The van der Waals surface area contributed by atoms with E-state index in [0.717, 1.165) is 24.7 Å². The number of ether oxygens (including phenoxy) is 2. The van der Waals surface area contributed by atoms with Gasteiger partial charge in [0.2, 0.25) is 0 Å². The van der Waals surface area contributed by atoms with E-state index in [-0.39, 0.29) is 0 Å². The average molecular weight is 222 g/mol. The Kier molecular flexibility index (Phi) is 4.83. The van der Waals surface area contributed by atoms with Crippen molar-refractivity contribution in [2.24, 2.45) is 0 Å². The minimum absolute atomic E-state index is 0.518. The molecule has 0 atom stereocenters. The molecule has 88 valence electrons. The summed E-state index contributed by atoms with van der Waals surface area (Å²) in [6.45, 7) is 4.50. The number of methoxy groups -OCH3 is 1. The van der Waals surface area contributed by atoms with Gasteiger partial charge in [-0.25, -0.2) is 0 Å². The standard InChI is InChI=1S/C13H18O3/c1-4-6-10-7-11(9-14)13(16-5-2)12(8-10)15-3/h7-9H,4-6H2,1-3H3. The Bertz CT molecular complexity index is 358. The summed E-state index contributed by atoms with van der Waals surface area (Å²) in [5.41, 5.74) is 1.66. The maximum atomic E-state index is 11.0. The normalized spacial score (nSPS) is 9.94. The summed E-state index contributed by atoms with van der Waals surface area (Å²) in [4.78, 5) is 11.0. The third kappa shape index (κ3) is 2.75. The lowest BCUT2D eigenvalue weighted by Gasteiger charge is -2.13. The summed E-state index contributed by atoms with van der Waals surface area (Å²) in [5.74, 6) is 1.18. The molecule has 0 aliphatic carbocycles.